The minimum Gasteiger partial charge on any atom is -0.378 e. The summed E-state index contributed by atoms with van der Waals surface area (Å²) in [6.45, 7) is 6.12. The molecule has 1 aliphatic rings. The molecule has 1 fully saturated rings. The van der Waals surface area contributed by atoms with E-state index in [9.17, 15) is 9.59 Å². The number of aryl methyl sites for hydroxylation is 2. The maximum absolute atomic E-state index is 12.5. The Labute approximate surface area is 141 Å². The lowest BCUT2D eigenvalue weighted by atomic mass is 10.2. The highest BCUT2D eigenvalue weighted by Crippen LogP contribution is 2.30. The first kappa shape index (κ1) is 15.3. The summed E-state index contributed by atoms with van der Waals surface area (Å²) in [5, 5.41) is 5.29. The summed E-state index contributed by atoms with van der Waals surface area (Å²) < 4.78 is 7.88. The lowest BCUT2D eigenvalue weighted by Gasteiger charge is -2.26. The summed E-state index contributed by atoms with van der Waals surface area (Å²) >= 11 is 1.58. The van der Waals surface area contributed by atoms with E-state index in [1.807, 2.05) is 13.8 Å². The van der Waals surface area contributed by atoms with Gasteiger partial charge in [0.25, 0.3) is 0 Å². The van der Waals surface area contributed by atoms with Gasteiger partial charge in [-0.3, -0.25) is 4.79 Å². The van der Waals surface area contributed by atoms with E-state index in [4.69, 9.17) is 4.74 Å². The van der Waals surface area contributed by atoms with Gasteiger partial charge in [0.05, 0.1) is 18.6 Å². The second kappa shape index (κ2) is 5.67. The maximum Gasteiger partial charge on any atom is 0.352 e. The van der Waals surface area contributed by atoms with Crippen molar-refractivity contribution in [3.8, 4) is 0 Å². The molecule has 4 rings (SSSR count). The van der Waals surface area contributed by atoms with Crippen molar-refractivity contribution in [1.29, 1.82) is 0 Å². The molecule has 0 bridgehead atoms. The van der Waals surface area contributed by atoms with Gasteiger partial charge in [0.2, 0.25) is 5.91 Å². The first-order valence-electron chi connectivity index (χ1n) is 7.75. The number of amides is 1. The molecule has 0 unspecified atom stereocenters. The number of thiophene rings is 1. The largest absolute Gasteiger partial charge is 0.378 e. The number of ether oxygens (including phenoxy) is 1. The summed E-state index contributed by atoms with van der Waals surface area (Å²) in [6.07, 6.45) is 1.48. The fraction of sp³-hybridized carbons (Fsp3) is 0.467. The molecule has 1 amide bonds. The van der Waals surface area contributed by atoms with Crippen molar-refractivity contribution in [2.24, 2.45) is 0 Å². The zero-order valence-corrected chi connectivity index (χ0v) is 14.3. The van der Waals surface area contributed by atoms with Crippen molar-refractivity contribution >= 4 is 33.1 Å². The summed E-state index contributed by atoms with van der Waals surface area (Å²) in [5.74, 6) is -0.119. The normalized spacial score (nSPS) is 15.5. The molecular formula is C15H17N5O3S. The van der Waals surface area contributed by atoms with Crippen LogP contribution in [0.25, 0.3) is 15.9 Å². The van der Waals surface area contributed by atoms with Crippen LogP contribution < -0.4 is 5.69 Å². The Morgan fingerprint density at radius 1 is 1.33 bits per heavy atom. The van der Waals surface area contributed by atoms with E-state index in [-0.39, 0.29) is 18.1 Å². The third kappa shape index (κ3) is 2.31. The van der Waals surface area contributed by atoms with E-state index in [2.05, 4.69) is 10.1 Å². The van der Waals surface area contributed by atoms with Crippen LogP contribution in [0.4, 0.5) is 0 Å². The molecule has 4 heterocycles. The van der Waals surface area contributed by atoms with E-state index in [0.717, 1.165) is 20.7 Å². The number of aromatic nitrogens is 4. The van der Waals surface area contributed by atoms with Crippen LogP contribution in [-0.4, -0.2) is 56.3 Å². The Bertz CT molecular complexity index is 996. The smallest absolute Gasteiger partial charge is 0.352 e. The highest BCUT2D eigenvalue weighted by molar-refractivity contribution is 7.18. The summed E-state index contributed by atoms with van der Waals surface area (Å²) in [4.78, 5) is 33.0. The summed E-state index contributed by atoms with van der Waals surface area (Å²) in [5.41, 5.74) is 1.29. The molecule has 0 N–H and O–H groups in total. The molecule has 3 aromatic heterocycles. The highest BCUT2D eigenvalue weighted by Gasteiger charge is 2.21. The van der Waals surface area contributed by atoms with Crippen molar-refractivity contribution < 1.29 is 9.53 Å². The van der Waals surface area contributed by atoms with Crippen LogP contribution in [0.2, 0.25) is 0 Å². The molecule has 9 heteroatoms. The number of nitrogens with zero attached hydrogens (tertiary/aromatic N) is 5. The molecule has 0 atom stereocenters. The average Bonchev–Trinajstić information content (AvgIpc) is 3.06. The topological polar surface area (TPSA) is 81.7 Å². The Balaban J connectivity index is 1.76. The van der Waals surface area contributed by atoms with Crippen molar-refractivity contribution in [3.05, 3.63) is 27.3 Å². The second-order valence-electron chi connectivity index (χ2n) is 5.83. The van der Waals surface area contributed by atoms with E-state index in [1.54, 1.807) is 16.2 Å². The first-order chi connectivity index (χ1) is 11.6. The molecule has 0 aliphatic carbocycles. The predicted octanol–water partition coefficient (Wildman–Crippen LogP) is 0.581. The number of carbonyl (C=O) groups excluding carboxylic acids is 1. The third-order valence-corrected chi connectivity index (χ3v) is 5.52. The fourth-order valence-electron chi connectivity index (χ4n) is 2.91. The van der Waals surface area contributed by atoms with Crippen molar-refractivity contribution in [2.75, 3.05) is 26.3 Å². The van der Waals surface area contributed by atoms with Crippen LogP contribution in [0.1, 0.15) is 10.4 Å². The van der Waals surface area contributed by atoms with Crippen LogP contribution in [0.5, 0.6) is 0 Å². The van der Waals surface area contributed by atoms with Gasteiger partial charge in [0.15, 0.2) is 5.65 Å². The molecule has 1 aliphatic heterocycles. The highest BCUT2D eigenvalue weighted by atomic mass is 32.1. The van der Waals surface area contributed by atoms with Gasteiger partial charge in [0, 0.05) is 18.0 Å². The van der Waals surface area contributed by atoms with E-state index >= 15 is 0 Å². The summed E-state index contributed by atoms with van der Waals surface area (Å²) in [6, 6.07) is 0. The van der Waals surface area contributed by atoms with Gasteiger partial charge < -0.3 is 9.64 Å². The SMILES string of the molecule is Cc1sc2ncn3c(=O)n(CC(=O)N4CCOCC4)nc3c2c1C. The van der Waals surface area contributed by atoms with Gasteiger partial charge in [-0.1, -0.05) is 0 Å². The van der Waals surface area contributed by atoms with Crippen LogP contribution in [0.3, 0.4) is 0 Å². The molecule has 1 saturated heterocycles. The Morgan fingerprint density at radius 3 is 2.83 bits per heavy atom. The Hall–Kier alpha value is -2.26. The van der Waals surface area contributed by atoms with Gasteiger partial charge in [0.1, 0.15) is 17.7 Å². The van der Waals surface area contributed by atoms with Gasteiger partial charge >= 0.3 is 5.69 Å². The Morgan fingerprint density at radius 2 is 2.08 bits per heavy atom. The molecule has 0 aromatic carbocycles. The van der Waals surface area contributed by atoms with Gasteiger partial charge in [-0.25, -0.2) is 18.9 Å². The molecular weight excluding hydrogens is 330 g/mol. The third-order valence-electron chi connectivity index (χ3n) is 4.40. The second-order valence-corrected chi connectivity index (χ2v) is 7.04. The summed E-state index contributed by atoms with van der Waals surface area (Å²) in [7, 11) is 0. The average molecular weight is 347 g/mol. The van der Waals surface area contributed by atoms with Crippen LogP contribution in [-0.2, 0) is 16.1 Å². The molecule has 8 nitrogen and oxygen atoms in total. The maximum atomic E-state index is 12.5. The number of morpholine rings is 1. The molecule has 126 valence electrons. The lowest BCUT2D eigenvalue weighted by Crippen LogP contribution is -2.43. The minimum atomic E-state index is -0.343. The number of hydrogen-bond acceptors (Lipinski definition) is 6. The monoisotopic (exact) mass is 347 g/mol. The number of rotatable bonds is 2. The predicted molar refractivity (Wildman–Crippen MR) is 89.5 cm³/mol. The molecule has 3 aromatic rings. The standard InChI is InChI=1S/C15H17N5O3S/c1-9-10(2)24-14-12(9)13-17-20(15(22)19(13)8-16-14)7-11(21)18-3-5-23-6-4-18/h8H,3-7H2,1-2H3. The van der Waals surface area contributed by atoms with Gasteiger partial charge in [-0.15, -0.1) is 16.4 Å². The Kier molecular flexibility index (Phi) is 3.61. The molecule has 0 spiro atoms. The van der Waals surface area contributed by atoms with Gasteiger partial charge in [-0.05, 0) is 19.4 Å². The first-order valence-corrected chi connectivity index (χ1v) is 8.57. The van der Waals surface area contributed by atoms with Crippen molar-refractivity contribution in [1.82, 2.24) is 24.1 Å². The number of carbonyl (C=O) groups is 1. The number of fused-ring (bicyclic) bond motifs is 3. The van der Waals surface area contributed by atoms with E-state index in [0.29, 0.717) is 32.0 Å². The van der Waals surface area contributed by atoms with Crippen molar-refractivity contribution in [2.45, 2.75) is 20.4 Å². The van der Waals surface area contributed by atoms with Gasteiger partial charge in [-0.2, -0.15) is 0 Å². The van der Waals surface area contributed by atoms with Crippen LogP contribution >= 0.6 is 11.3 Å². The minimum absolute atomic E-state index is 0.0653. The molecule has 24 heavy (non-hydrogen) atoms. The number of hydrogen-bond donors (Lipinski definition) is 0. The van der Waals surface area contributed by atoms with Crippen LogP contribution in [0.15, 0.2) is 11.1 Å². The van der Waals surface area contributed by atoms with Crippen molar-refractivity contribution in [3.63, 3.8) is 0 Å². The zero-order valence-electron chi connectivity index (χ0n) is 13.5. The van der Waals surface area contributed by atoms with Crippen LogP contribution in [0, 0.1) is 13.8 Å². The molecule has 0 saturated carbocycles. The lowest BCUT2D eigenvalue weighted by molar-refractivity contribution is -0.136. The zero-order chi connectivity index (χ0) is 16.8. The van der Waals surface area contributed by atoms with E-state index < -0.39 is 0 Å². The molecule has 0 radical (unpaired) electrons. The quantitative estimate of drug-likeness (QED) is 0.677. The van der Waals surface area contributed by atoms with E-state index in [1.165, 1.54) is 15.4 Å². The fourth-order valence-corrected chi connectivity index (χ4v) is 3.90.